The first-order valence-electron chi connectivity index (χ1n) is 29.0. The highest BCUT2D eigenvalue weighted by atomic mass is 15.2. The third-order valence-electron chi connectivity index (χ3n) is 17.7. The monoisotopic (exact) mass is 1050 g/mol. The van der Waals surface area contributed by atoms with Crippen molar-refractivity contribution in [2.45, 2.75) is 25.8 Å². The summed E-state index contributed by atoms with van der Waals surface area (Å²) in [6.45, 7) is 2.25. The van der Waals surface area contributed by atoms with E-state index in [9.17, 15) is 0 Å². The average molecular weight is 1050 g/mol. The standard InChI is InChI=1S/C75H57B2N5/c1-50-23-11-19-39-66(50)81(68-42-22-27-52-25-13-15-35-59(52)68)57-44-46-64-71(48-57)82-69-40-20-17-37-62(69)76-73-61(60-36-16-18-38-65(60)78-53-28-5-2-6-29-53)49-72-74(75(73)82)77(64)63-45-43-56(47-70(63)80(72)55-32-9-4-10-33-55)79(54-30-7-3-8-31-54)67-41-21-26-51-24-12-14-34-58(51)67/h2-17,19-37,39-50,66,76,78H,18,38H2,1H3. The van der Waals surface area contributed by atoms with E-state index in [1.807, 2.05) is 0 Å². The van der Waals surface area contributed by atoms with Crippen molar-refractivity contribution in [2.24, 2.45) is 5.92 Å². The van der Waals surface area contributed by atoms with E-state index in [1.54, 1.807) is 0 Å². The van der Waals surface area contributed by atoms with Gasteiger partial charge in [0.15, 0.2) is 7.28 Å². The molecule has 1 N–H and O–H groups in total. The van der Waals surface area contributed by atoms with Gasteiger partial charge < -0.3 is 24.9 Å². The number of hydrogen-bond donors (Lipinski definition) is 1. The van der Waals surface area contributed by atoms with Gasteiger partial charge in [0.1, 0.15) is 0 Å². The molecular formula is C75H57B2N5. The Morgan fingerprint density at radius 1 is 0.524 bits per heavy atom. The number of rotatable bonds is 10. The van der Waals surface area contributed by atoms with Gasteiger partial charge in [-0.15, -0.1) is 0 Å². The van der Waals surface area contributed by atoms with E-state index in [2.05, 4.69) is 311 Å². The number of benzene rings is 11. The maximum Gasteiger partial charge on any atom is 0.252 e. The fraction of sp³-hybridized carbons (Fsp3) is 0.0667. The number of allylic oxidation sites excluding steroid dienone is 6. The van der Waals surface area contributed by atoms with Crippen LogP contribution in [0.2, 0.25) is 0 Å². The van der Waals surface area contributed by atoms with Crippen molar-refractivity contribution < 1.29 is 0 Å². The van der Waals surface area contributed by atoms with Gasteiger partial charge in [0.05, 0.1) is 11.7 Å². The van der Waals surface area contributed by atoms with E-state index >= 15 is 0 Å². The van der Waals surface area contributed by atoms with E-state index in [4.69, 9.17) is 0 Å². The van der Waals surface area contributed by atoms with Crippen molar-refractivity contribution in [3.05, 3.63) is 290 Å². The van der Waals surface area contributed by atoms with Gasteiger partial charge in [-0.3, -0.25) is 0 Å². The van der Waals surface area contributed by atoms with Crippen LogP contribution in [0.15, 0.2) is 285 Å². The molecule has 0 saturated carbocycles. The van der Waals surface area contributed by atoms with Crippen LogP contribution in [0, 0.1) is 5.92 Å². The average Bonchev–Trinajstić information content (AvgIpc) is 1.45. The second kappa shape index (κ2) is 19.7. The quantitative estimate of drug-likeness (QED) is 0.138. The van der Waals surface area contributed by atoms with Crippen molar-refractivity contribution in [2.75, 3.05) is 24.9 Å². The lowest BCUT2D eigenvalue weighted by Gasteiger charge is -2.48. The number of para-hydroxylation sites is 4. The van der Waals surface area contributed by atoms with Gasteiger partial charge in [-0.25, -0.2) is 0 Å². The summed E-state index contributed by atoms with van der Waals surface area (Å²) in [7, 11) is 0.801. The molecule has 5 nitrogen and oxygen atoms in total. The smallest absolute Gasteiger partial charge is 0.252 e. The van der Waals surface area contributed by atoms with Crippen LogP contribution < -0.4 is 52.2 Å². The lowest BCUT2D eigenvalue weighted by atomic mass is 9.32. The summed E-state index contributed by atoms with van der Waals surface area (Å²) < 4.78 is 0. The third-order valence-corrected chi connectivity index (χ3v) is 17.7. The number of hydrogen-bond acceptors (Lipinski definition) is 5. The Labute approximate surface area is 481 Å². The second-order valence-corrected chi connectivity index (χ2v) is 22.4. The zero-order valence-electron chi connectivity index (χ0n) is 45.7. The third kappa shape index (κ3) is 7.79. The molecule has 2 atom stereocenters. The predicted octanol–water partition coefficient (Wildman–Crippen LogP) is 15.7. The second-order valence-electron chi connectivity index (χ2n) is 22.4. The molecule has 5 aliphatic rings. The van der Waals surface area contributed by atoms with E-state index in [-0.39, 0.29) is 18.7 Å². The number of nitrogens with one attached hydrogen (secondary N) is 1. The first-order valence-corrected chi connectivity index (χ1v) is 29.0. The highest BCUT2D eigenvalue weighted by molar-refractivity contribution is 7.01. The largest absolute Gasteiger partial charge is 0.358 e. The van der Waals surface area contributed by atoms with Gasteiger partial charge in [-0.2, -0.15) is 0 Å². The summed E-state index contributed by atoms with van der Waals surface area (Å²) >= 11 is 0. The molecule has 3 aliphatic heterocycles. The molecule has 7 heteroatoms. The number of nitrogens with zero attached hydrogens (tertiary/aromatic N) is 4. The van der Waals surface area contributed by atoms with Gasteiger partial charge in [-0.1, -0.05) is 207 Å². The Hall–Kier alpha value is -9.97. The lowest BCUT2D eigenvalue weighted by molar-refractivity contribution is 0.610. The van der Waals surface area contributed by atoms with Crippen molar-refractivity contribution >= 4 is 137 Å². The fourth-order valence-corrected chi connectivity index (χ4v) is 14.1. The highest BCUT2D eigenvalue weighted by Crippen LogP contribution is 2.50. The van der Waals surface area contributed by atoms with Crippen molar-refractivity contribution in [1.29, 1.82) is 0 Å². The van der Waals surface area contributed by atoms with Crippen LogP contribution in [0.25, 0.3) is 27.1 Å². The fourth-order valence-electron chi connectivity index (χ4n) is 14.1. The Morgan fingerprint density at radius 3 is 1.91 bits per heavy atom. The molecule has 0 spiro atoms. The Balaban J connectivity index is 1.000. The van der Waals surface area contributed by atoms with Crippen LogP contribution >= 0.6 is 0 Å². The van der Waals surface area contributed by atoms with Crippen molar-refractivity contribution in [1.82, 2.24) is 0 Å². The Kier molecular flexibility index (Phi) is 11.5. The zero-order valence-corrected chi connectivity index (χ0v) is 45.7. The van der Waals surface area contributed by atoms with E-state index in [1.165, 1.54) is 94.1 Å². The molecule has 0 amide bonds. The van der Waals surface area contributed by atoms with E-state index in [0.717, 1.165) is 59.9 Å². The normalized spacial score (nSPS) is 16.1. The van der Waals surface area contributed by atoms with Gasteiger partial charge in [0.25, 0.3) is 6.71 Å². The minimum atomic E-state index is -0.102. The van der Waals surface area contributed by atoms with Gasteiger partial charge in [-0.05, 0) is 142 Å². The molecule has 0 aromatic heterocycles. The summed E-state index contributed by atoms with van der Waals surface area (Å²) in [6, 6.07) is 90.4. The molecule has 0 bridgehead atoms. The Morgan fingerprint density at radius 2 is 1.15 bits per heavy atom. The SMILES string of the molecule is CC1C=CC=CC1N(c1ccc2c(c1)N1c3ccccc3Bc3c(C4=C(Nc5ccccc5)CCC=C4)cc4c(c31)B2c1ccc(N(c2ccccc2)c2cccc3ccccc23)cc1N4c1ccccc1)c1cccc2ccccc12. The summed E-state index contributed by atoms with van der Waals surface area (Å²) in [5, 5.41) is 8.84. The molecule has 3 heterocycles. The molecule has 82 heavy (non-hydrogen) atoms. The van der Waals surface area contributed by atoms with Crippen molar-refractivity contribution in [3.63, 3.8) is 0 Å². The summed E-state index contributed by atoms with van der Waals surface area (Å²) in [5.74, 6) is 0.261. The predicted molar refractivity (Wildman–Crippen MR) is 352 cm³/mol. The molecule has 388 valence electrons. The van der Waals surface area contributed by atoms with Crippen LogP contribution in [0.5, 0.6) is 0 Å². The molecule has 16 rings (SSSR count). The highest BCUT2D eigenvalue weighted by Gasteiger charge is 2.47. The minimum Gasteiger partial charge on any atom is -0.358 e. The molecule has 0 saturated heterocycles. The molecule has 11 aromatic rings. The van der Waals surface area contributed by atoms with Crippen LogP contribution in [0.1, 0.15) is 25.3 Å². The summed E-state index contributed by atoms with van der Waals surface area (Å²) in [4.78, 5) is 10.3. The van der Waals surface area contributed by atoms with Crippen LogP contribution in [0.3, 0.4) is 0 Å². The number of fused-ring (bicyclic) bond motifs is 9. The molecule has 2 unspecified atom stereocenters. The van der Waals surface area contributed by atoms with Crippen LogP contribution in [-0.2, 0) is 0 Å². The van der Waals surface area contributed by atoms with E-state index in [0.29, 0.717) is 0 Å². The molecular weight excluding hydrogens is 992 g/mol. The topological polar surface area (TPSA) is 25.0 Å². The zero-order chi connectivity index (χ0) is 54.3. The molecule has 0 fully saturated rings. The van der Waals surface area contributed by atoms with E-state index < -0.39 is 0 Å². The van der Waals surface area contributed by atoms with Gasteiger partial charge in [0.2, 0.25) is 0 Å². The maximum absolute atomic E-state index is 3.97. The maximum atomic E-state index is 3.97. The van der Waals surface area contributed by atoms with Crippen LogP contribution in [-0.4, -0.2) is 20.0 Å². The van der Waals surface area contributed by atoms with Gasteiger partial charge in [0, 0.05) is 84.6 Å². The minimum absolute atomic E-state index is 0.0789. The summed E-state index contributed by atoms with van der Waals surface area (Å²) in [5.41, 5.74) is 24.3. The molecule has 0 radical (unpaired) electrons. The summed E-state index contributed by atoms with van der Waals surface area (Å²) in [6.07, 6.45) is 15.8. The van der Waals surface area contributed by atoms with Crippen molar-refractivity contribution in [3.8, 4) is 0 Å². The Bertz CT molecular complexity index is 4460. The first kappa shape index (κ1) is 48.0. The van der Waals surface area contributed by atoms with Crippen LogP contribution in [0.4, 0.5) is 68.2 Å². The molecule has 2 aliphatic carbocycles. The molecule has 11 aromatic carbocycles. The van der Waals surface area contributed by atoms with Gasteiger partial charge >= 0.3 is 0 Å². The lowest BCUT2D eigenvalue weighted by Crippen LogP contribution is -2.64. The number of anilines is 12. The first-order chi connectivity index (χ1) is 40.6.